The molecule has 0 aromatic heterocycles. The van der Waals surface area contributed by atoms with E-state index in [9.17, 15) is 8.42 Å². The maximum Gasteiger partial charge on any atom is 0.238 e. The number of guanidine groups is 1. The fourth-order valence-corrected chi connectivity index (χ4v) is 2.60. The Balaban J connectivity index is 0.00000576. The second-order valence-corrected chi connectivity index (χ2v) is 6.78. The lowest BCUT2D eigenvalue weighted by Gasteiger charge is -2.11. The molecule has 0 amide bonds. The zero-order chi connectivity index (χ0) is 17.8. The molecule has 1 rings (SSSR count). The number of rotatable bonds is 10. The summed E-state index contributed by atoms with van der Waals surface area (Å²) in [5.41, 5.74) is 0.787. The van der Waals surface area contributed by atoms with Crippen LogP contribution in [0.3, 0.4) is 0 Å². The van der Waals surface area contributed by atoms with Crippen LogP contribution in [-0.4, -0.2) is 40.7 Å². The van der Waals surface area contributed by atoms with Crippen molar-refractivity contribution < 1.29 is 13.2 Å². The van der Waals surface area contributed by atoms with Gasteiger partial charge in [0.25, 0.3) is 0 Å². The Hall–Kier alpha value is -0.910. The molecule has 0 fully saturated rings. The predicted octanol–water partition coefficient (Wildman–Crippen LogP) is 1.82. The van der Waals surface area contributed by atoms with E-state index in [1.165, 1.54) is 6.07 Å². The molecule has 144 valence electrons. The van der Waals surface area contributed by atoms with Gasteiger partial charge in [0.05, 0.1) is 11.4 Å². The minimum Gasteiger partial charge on any atom is -0.382 e. The van der Waals surface area contributed by atoms with Crippen molar-refractivity contribution in [2.75, 3.05) is 26.3 Å². The number of aliphatic imine (C=N–C) groups is 1. The first-order valence-corrected chi connectivity index (χ1v) is 9.73. The van der Waals surface area contributed by atoms with Gasteiger partial charge in [-0.15, -0.1) is 24.0 Å². The molecule has 4 N–H and O–H groups in total. The summed E-state index contributed by atoms with van der Waals surface area (Å²) >= 11 is 0. The molecule has 25 heavy (non-hydrogen) atoms. The van der Waals surface area contributed by atoms with Crippen LogP contribution in [0, 0.1) is 0 Å². The van der Waals surface area contributed by atoms with Crippen LogP contribution in [-0.2, 0) is 21.3 Å². The maximum absolute atomic E-state index is 11.4. The van der Waals surface area contributed by atoms with Gasteiger partial charge in [0.1, 0.15) is 0 Å². The molecule has 1 aromatic carbocycles. The molecule has 9 heteroatoms. The summed E-state index contributed by atoms with van der Waals surface area (Å²) in [5, 5.41) is 11.6. The Morgan fingerprint density at radius 2 is 2.00 bits per heavy atom. The fourth-order valence-electron chi connectivity index (χ4n) is 2.01. The van der Waals surface area contributed by atoms with Crippen molar-refractivity contribution in [3.63, 3.8) is 0 Å². The van der Waals surface area contributed by atoms with Crippen molar-refractivity contribution in [3.8, 4) is 0 Å². The second kappa shape index (κ2) is 13.3. The van der Waals surface area contributed by atoms with Crippen LogP contribution in [0.25, 0.3) is 0 Å². The van der Waals surface area contributed by atoms with Crippen molar-refractivity contribution in [1.29, 1.82) is 0 Å². The number of unbranched alkanes of at least 4 members (excludes halogenated alkanes) is 1. The number of hydrogen-bond donors (Lipinski definition) is 3. The summed E-state index contributed by atoms with van der Waals surface area (Å²) in [6, 6.07) is 6.51. The third-order valence-corrected chi connectivity index (χ3v) is 4.11. The third kappa shape index (κ3) is 10.6. The minimum absolute atomic E-state index is 0. The van der Waals surface area contributed by atoms with Crippen molar-refractivity contribution in [2.45, 2.75) is 38.1 Å². The van der Waals surface area contributed by atoms with Gasteiger partial charge in [-0.2, -0.15) is 0 Å². The molecular weight excluding hydrogens is 455 g/mol. The van der Waals surface area contributed by atoms with E-state index in [0.717, 1.165) is 44.7 Å². The lowest BCUT2D eigenvalue weighted by molar-refractivity contribution is 0.143. The smallest absolute Gasteiger partial charge is 0.238 e. The average molecular weight is 484 g/mol. The monoisotopic (exact) mass is 484 g/mol. The number of nitrogens with one attached hydrogen (secondary N) is 2. The first-order valence-electron chi connectivity index (χ1n) is 8.19. The van der Waals surface area contributed by atoms with Crippen molar-refractivity contribution in [2.24, 2.45) is 10.1 Å². The number of benzene rings is 1. The number of halogens is 1. The lowest BCUT2D eigenvalue weighted by Crippen LogP contribution is -2.37. The normalized spacial score (nSPS) is 11.7. The third-order valence-electron chi connectivity index (χ3n) is 3.20. The molecule has 0 spiro atoms. The van der Waals surface area contributed by atoms with E-state index in [4.69, 9.17) is 9.88 Å². The van der Waals surface area contributed by atoms with E-state index in [2.05, 4.69) is 15.6 Å². The van der Waals surface area contributed by atoms with Gasteiger partial charge in [0.2, 0.25) is 10.0 Å². The zero-order valence-corrected chi connectivity index (χ0v) is 18.0. The van der Waals surface area contributed by atoms with Crippen LogP contribution >= 0.6 is 24.0 Å². The molecule has 0 unspecified atom stereocenters. The van der Waals surface area contributed by atoms with E-state index in [0.29, 0.717) is 12.5 Å². The molecule has 0 heterocycles. The molecule has 0 atom stereocenters. The topological polar surface area (TPSA) is 106 Å². The van der Waals surface area contributed by atoms with Gasteiger partial charge in [-0.3, -0.25) is 0 Å². The van der Waals surface area contributed by atoms with Crippen LogP contribution in [0.1, 0.15) is 32.3 Å². The summed E-state index contributed by atoms with van der Waals surface area (Å²) in [6.45, 7) is 7.42. The van der Waals surface area contributed by atoms with Gasteiger partial charge < -0.3 is 15.4 Å². The van der Waals surface area contributed by atoms with Crippen LogP contribution in [0.15, 0.2) is 34.2 Å². The summed E-state index contributed by atoms with van der Waals surface area (Å²) in [6.07, 6.45) is 1.99. The second-order valence-electron chi connectivity index (χ2n) is 5.22. The fraction of sp³-hybridized carbons (Fsp3) is 0.562. The zero-order valence-electron chi connectivity index (χ0n) is 14.8. The maximum atomic E-state index is 11.4. The molecule has 0 aliphatic heterocycles. The summed E-state index contributed by atoms with van der Waals surface area (Å²) in [7, 11) is -3.69. The van der Waals surface area contributed by atoms with Gasteiger partial charge >= 0.3 is 0 Å². The molecule has 0 bridgehead atoms. The first-order chi connectivity index (χ1) is 11.5. The van der Waals surface area contributed by atoms with Gasteiger partial charge in [-0.25, -0.2) is 18.5 Å². The number of sulfonamides is 1. The first kappa shape index (κ1) is 24.1. The summed E-state index contributed by atoms with van der Waals surface area (Å²) in [4.78, 5) is 4.57. The van der Waals surface area contributed by atoms with Crippen LogP contribution in [0.5, 0.6) is 0 Å². The van der Waals surface area contributed by atoms with Crippen LogP contribution < -0.4 is 15.8 Å². The Bertz CT molecular complexity index is 624. The molecule has 0 saturated carbocycles. The van der Waals surface area contributed by atoms with E-state index in [1.807, 2.05) is 19.9 Å². The highest BCUT2D eigenvalue weighted by Crippen LogP contribution is 2.10. The van der Waals surface area contributed by atoms with Crippen LogP contribution in [0.4, 0.5) is 0 Å². The number of hydrogen-bond acceptors (Lipinski definition) is 4. The summed E-state index contributed by atoms with van der Waals surface area (Å²) in [5.74, 6) is 0.704. The van der Waals surface area contributed by atoms with E-state index in [-0.39, 0.29) is 28.9 Å². The largest absolute Gasteiger partial charge is 0.382 e. The lowest BCUT2D eigenvalue weighted by atomic mass is 10.2. The van der Waals surface area contributed by atoms with Crippen molar-refractivity contribution >= 4 is 40.0 Å². The van der Waals surface area contributed by atoms with Gasteiger partial charge in [0.15, 0.2) is 5.96 Å². The average Bonchev–Trinajstić information content (AvgIpc) is 2.55. The van der Waals surface area contributed by atoms with E-state index < -0.39 is 10.0 Å². The number of primary sulfonamides is 1. The standard InChI is InChI=1S/C16H28N4O3S.HI/c1-3-18-16(19-10-5-6-11-23-4-2)20-13-14-8-7-9-15(12-14)24(17,21)22;/h7-9,12H,3-6,10-11,13H2,1-2H3,(H2,17,21,22)(H2,18,19,20);1H. The van der Waals surface area contributed by atoms with Crippen LogP contribution in [0.2, 0.25) is 0 Å². The predicted molar refractivity (Wildman–Crippen MR) is 112 cm³/mol. The molecule has 0 saturated heterocycles. The van der Waals surface area contributed by atoms with Crippen molar-refractivity contribution in [1.82, 2.24) is 10.6 Å². The van der Waals surface area contributed by atoms with Gasteiger partial charge in [-0.1, -0.05) is 12.1 Å². The highest BCUT2D eigenvalue weighted by molar-refractivity contribution is 14.0. The Morgan fingerprint density at radius 1 is 1.24 bits per heavy atom. The molecule has 0 radical (unpaired) electrons. The molecule has 0 aliphatic carbocycles. The molecule has 0 aliphatic rings. The van der Waals surface area contributed by atoms with E-state index in [1.54, 1.807) is 12.1 Å². The van der Waals surface area contributed by atoms with Crippen molar-refractivity contribution in [3.05, 3.63) is 29.8 Å². The quantitative estimate of drug-likeness (QED) is 0.203. The summed E-state index contributed by atoms with van der Waals surface area (Å²) < 4.78 is 28.1. The number of nitrogens with zero attached hydrogens (tertiary/aromatic N) is 1. The molecule has 7 nitrogen and oxygen atoms in total. The number of ether oxygens (including phenoxy) is 1. The SMILES string of the molecule is CCNC(=NCc1cccc(S(N)(=O)=O)c1)NCCCCOCC.I. The Labute approximate surface area is 167 Å². The Morgan fingerprint density at radius 3 is 2.64 bits per heavy atom. The van der Waals surface area contributed by atoms with Gasteiger partial charge in [-0.05, 0) is 44.4 Å². The molecule has 1 aromatic rings. The highest BCUT2D eigenvalue weighted by Gasteiger charge is 2.07. The van der Waals surface area contributed by atoms with E-state index >= 15 is 0 Å². The van der Waals surface area contributed by atoms with Gasteiger partial charge in [0, 0.05) is 26.3 Å². The molecular formula is C16H29IN4O3S. The number of nitrogens with two attached hydrogens (primary N) is 1. The highest BCUT2D eigenvalue weighted by atomic mass is 127. The minimum atomic E-state index is -3.69. The Kier molecular flexibility index (Phi) is 12.8.